The summed E-state index contributed by atoms with van der Waals surface area (Å²) in [5.74, 6) is -0.540. The maximum atomic E-state index is 13.2. The molecule has 1 aromatic rings. The van der Waals surface area contributed by atoms with Gasteiger partial charge < -0.3 is 15.0 Å². The Bertz CT molecular complexity index is 522. The molecule has 0 spiro atoms. The summed E-state index contributed by atoms with van der Waals surface area (Å²) in [6.45, 7) is 2.46. The Kier molecular flexibility index (Phi) is 6.33. The molecular formula is C16H21FN2O3. The molecule has 0 unspecified atom stereocenters. The number of carbonyl (C=O) groups is 2. The van der Waals surface area contributed by atoms with Crippen LogP contribution in [0.1, 0.15) is 18.4 Å². The lowest BCUT2D eigenvalue weighted by Crippen LogP contribution is -2.37. The van der Waals surface area contributed by atoms with Crippen molar-refractivity contribution in [1.29, 1.82) is 0 Å². The Morgan fingerprint density at radius 1 is 1.32 bits per heavy atom. The number of hydrogen-bond acceptors (Lipinski definition) is 3. The maximum absolute atomic E-state index is 13.2. The third kappa shape index (κ3) is 5.44. The van der Waals surface area contributed by atoms with E-state index in [1.807, 2.05) is 0 Å². The van der Waals surface area contributed by atoms with E-state index in [9.17, 15) is 14.0 Å². The summed E-state index contributed by atoms with van der Waals surface area (Å²) in [5.41, 5.74) is 0.639. The van der Waals surface area contributed by atoms with Crippen LogP contribution < -0.4 is 5.32 Å². The van der Waals surface area contributed by atoms with Gasteiger partial charge in [-0.25, -0.2) is 4.39 Å². The van der Waals surface area contributed by atoms with Crippen LogP contribution in [0.4, 0.5) is 4.39 Å². The van der Waals surface area contributed by atoms with E-state index in [4.69, 9.17) is 4.74 Å². The second kappa shape index (κ2) is 8.48. The molecule has 22 heavy (non-hydrogen) atoms. The van der Waals surface area contributed by atoms with Crippen molar-refractivity contribution < 1.29 is 18.7 Å². The minimum atomic E-state index is -0.351. The molecule has 0 radical (unpaired) electrons. The molecule has 1 fully saturated rings. The average Bonchev–Trinajstić information content (AvgIpc) is 2.53. The highest BCUT2D eigenvalue weighted by atomic mass is 19.1. The van der Waals surface area contributed by atoms with Gasteiger partial charge in [0.05, 0.1) is 13.0 Å². The van der Waals surface area contributed by atoms with Crippen LogP contribution in [0.2, 0.25) is 0 Å². The van der Waals surface area contributed by atoms with E-state index in [0.29, 0.717) is 38.4 Å². The number of carbonyl (C=O) groups excluding carboxylic acids is 2. The van der Waals surface area contributed by atoms with Crippen LogP contribution in [0.25, 0.3) is 0 Å². The van der Waals surface area contributed by atoms with E-state index in [1.54, 1.807) is 17.0 Å². The predicted octanol–water partition coefficient (Wildman–Crippen LogP) is 1.12. The number of benzene rings is 1. The number of amides is 2. The van der Waals surface area contributed by atoms with E-state index in [-0.39, 0.29) is 30.5 Å². The Balaban J connectivity index is 1.96. The molecule has 1 aliphatic heterocycles. The SMILES string of the molecule is O=C1CCN(C(=O)Cc2cccc(F)c2)CCCOCCN1. The van der Waals surface area contributed by atoms with Gasteiger partial charge >= 0.3 is 0 Å². The Hall–Kier alpha value is -1.95. The van der Waals surface area contributed by atoms with Crippen LogP contribution >= 0.6 is 0 Å². The number of hydrogen-bond donors (Lipinski definition) is 1. The van der Waals surface area contributed by atoms with Crippen LogP contribution in [0.5, 0.6) is 0 Å². The molecule has 0 bridgehead atoms. The zero-order valence-electron chi connectivity index (χ0n) is 12.5. The summed E-state index contributed by atoms with van der Waals surface area (Å²) in [4.78, 5) is 25.6. The lowest BCUT2D eigenvalue weighted by Gasteiger charge is -2.22. The molecule has 1 saturated heterocycles. The van der Waals surface area contributed by atoms with Gasteiger partial charge in [-0.1, -0.05) is 12.1 Å². The van der Waals surface area contributed by atoms with Gasteiger partial charge in [0.15, 0.2) is 0 Å². The number of ether oxygens (including phenoxy) is 1. The molecule has 1 N–H and O–H groups in total. The fourth-order valence-electron chi connectivity index (χ4n) is 2.34. The fraction of sp³-hybridized carbons (Fsp3) is 0.500. The van der Waals surface area contributed by atoms with E-state index < -0.39 is 0 Å². The molecule has 0 atom stereocenters. The van der Waals surface area contributed by atoms with Gasteiger partial charge in [-0.2, -0.15) is 0 Å². The standard InChI is InChI=1S/C16H21FN2O3/c17-14-4-1-3-13(11-14)12-16(21)19-7-2-9-22-10-6-18-15(20)5-8-19/h1,3-4,11H,2,5-10,12H2,(H,18,20). The second-order valence-electron chi connectivity index (χ2n) is 5.25. The average molecular weight is 308 g/mol. The van der Waals surface area contributed by atoms with E-state index >= 15 is 0 Å². The van der Waals surface area contributed by atoms with Crippen LogP contribution in [0.3, 0.4) is 0 Å². The van der Waals surface area contributed by atoms with Crippen molar-refractivity contribution in [3.8, 4) is 0 Å². The van der Waals surface area contributed by atoms with Crippen molar-refractivity contribution in [3.05, 3.63) is 35.6 Å². The zero-order chi connectivity index (χ0) is 15.8. The first-order valence-corrected chi connectivity index (χ1v) is 7.52. The third-order valence-electron chi connectivity index (χ3n) is 3.49. The van der Waals surface area contributed by atoms with Crippen LogP contribution in [-0.4, -0.2) is 49.6 Å². The van der Waals surface area contributed by atoms with Gasteiger partial charge in [-0.05, 0) is 24.1 Å². The summed E-state index contributed by atoms with van der Waals surface area (Å²) in [6.07, 6.45) is 1.14. The summed E-state index contributed by atoms with van der Waals surface area (Å²) in [6, 6.07) is 6.03. The molecule has 1 aliphatic rings. The van der Waals surface area contributed by atoms with Crippen molar-refractivity contribution >= 4 is 11.8 Å². The highest BCUT2D eigenvalue weighted by Crippen LogP contribution is 2.07. The van der Waals surface area contributed by atoms with Gasteiger partial charge in [0.25, 0.3) is 0 Å². The minimum Gasteiger partial charge on any atom is -0.380 e. The highest BCUT2D eigenvalue weighted by molar-refractivity contribution is 5.80. The Labute approximate surface area is 129 Å². The van der Waals surface area contributed by atoms with Crippen molar-refractivity contribution in [3.63, 3.8) is 0 Å². The molecule has 1 aromatic carbocycles. The first kappa shape index (κ1) is 16.4. The summed E-state index contributed by atoms with van der Waals surface area (Å²) < 4.78 is 18.6. The summed E-state index contributed by atoms with van der Waals surface area (Å²) in [7, 11) is 0. The van der Waals surface area contributed by atoms with Gasteiger partial charge in [-0.15, -0.1) is 0 Å². The largest absolute Gasteiger partial charge is 0.380 e. The Morgan fingerprint density at radius 3 is 3.00 bits per heavy atom. The number of halogens is 1. The minimum absolute atomic E-state index is 0.0888. The normalized spacial score (nSPS) is 17.5. The van der Waals surface area contributed by atoms with Crippen LogP contribution in [-0.2, 0) is 20.7 Å². The molecule has 120 valence electrons. The monoisotopic (exact) mass is 308 g/mol. The fourth-order valence-corrected chi connectivity index (χ4v) is 2.34. The lowest BCUT2D eigenvalue weighted by molar-refractivity contribution is -0.131. The zero-order valence-corrected chi connectivity index (χ0v) is 12.5. The van der Waals surface area contributed by atoms with Crippen molar-refractivity contribution in [2.45, 2.75) is 19.3 Å². The number of nitrogens with zero attached hydrogens (tertiary/aromatic N) is 1. The maximum Gasteiger partial charge on any atom is 0.227 e. The quantitative estimate of drug-likeness (QED) is 0.891. The van der Waals surface area contributed by atoms with Gasteiger partial charge in [0.2, 0.25) is 11.8 Å². The molecule has 6 heteroatoms. The van der Waals surface area contributed by atoms with Crippen molar-refractivity contribution in [2.75, 3.05) is 32.8 Å². The summed E-state index contributed by atoms with van der Waals surface area (Å²) in [5, 5.41) is 2.75. The molecular weight excluding hydrogens is 287 g/mol. The molecule has 2 rings (SSSR count). The van der Waals surface area contributed by atoms with E-state index in [2.05, 4.69) is 5.32 Å². The van der Waals surface area contributed by atoms with E-state index in [0.717, 1.165) is 6.42 Å². The van der Waals surface area contributed by atoms with Crippen molar-refractivity contribution in [2.24, 2.45) is 0 Å². The molecule has 0 saturated carbocycles. The number of rotatable bonds is 2. The summed E-state index contributed by atoms with van der Waals surface area (Å²) >= 11 is 0. The van der Waals surface area contributed by atoms with Crippen LogP contribution in [0.15, 0.2) is 24.3 Å². The molecule has 5 nitrogen and oxygen atoms in total. The molecule has 0 aromatic heterocycles. The molecule has 1 heterocycles. The van der Waals surface area contributed by atoms with Crippen LogP contribution in [0, 0.1) is 5.82 Å². The smallest absolute Gasteiger partial charge is 0.227 e. The highest BCUT2D eigenvalue weighted by Gasteiger charge is 2.16. The van der Waals surface area contributed by atoms with Gasteiger partial charge in [0, 0.05) is 32.7 Å². The molecule has 0 aliphatic carbocycles. The lowest BCUT2D eigenvalue weighted by atomic mass is 10.1. The molecule has 2 amide bonds. The topological polar surface area (TPSA) is 58.6 Å². The third-order valence-corrected chi connectivity index (χ3v) is 3.49. The van der Waals surface area contributed by atoms with Crippen molar-refractivity contribution in [1.82, 2.24) is 10.2 Å². The first-order chi connectivity index (χ1) is 10.6. The predicted molar refractivity (Wildman–Crippen MR) is 79.7 cm³/mol. The van der Waals surface area contributed by atoms with E-state index in [1.165, 1.54) is 12.1 Å². The van der Waals surface area contributed by atoms with Gasteiger partial charge in [0.1, 0.15) is 5.82 Å². The Morgan fingerprint density at radius 2 is 2.18 bits per heavy atom. The first-order valence-electron chi connectivity index (χ1n) is 7.52. The second-order valence-corrected chi connectivity index (χ2v) is 5.25. The van der Waals surface area contributed by atoms with Gasteiger partial charge in [-0.3, -0.25) is 9.59 Å². The number of nitrogens with one attached hydrogen (secondary N) is 1.